The number of fused-ring (bicyclic) bond motifs is 1. The van der Waals surface area contributed by atoms with Crippen molar-refractivity contribution < 1.29 is 9.53 Å². The Labute approximate surface area is 133 Å². The number of methoxy groups -OCH3 is 1. The normalized spacial score (nSPS) is 12.1. The number of nitrogens with one attached hydrogen (secondary N) is 1. The Morgan fingerprint density at radius 1 is 1.14 bits per heavy atom. The number of benzene rings is 2. The summed E-state index contributed by atoms with van der Waals surface area (Å²) < 4.78 is 6.28. The molecule has 3 aromatic rings. The Morgan fingerprint density at radius 2 is 1.86 bits per heavy atom. The first-order chi connectivity index (χ1) is 10.7. The van der Waals surface area contributed by atoms with E-state index in [-0.39, 0.29) is 11.9 Å². The molecule has 0 spiro atoms. The molecule has 0 aliphatic carbocycles. The quantitative estimate of drug-likeness (QED) is 0.775. The molecule has 0 aliphatic rings. The van der Waals surface area contributed by atoms with Gasteiger partial charge in [0, 0.05) is 4.70 Å². The lowest BCUT2D eigenvalue weighted by molar-refractivity contribution is 0.0944. The third-order valence-corrected chi connectivity index (χ3v) is 4.73. The molecule has 0 fully saturated rings. The third-order valence-electron chi connectivity index (χ3n) is 3.61. The van der Waals surface area contributed by atoms with E-state index < -0.39 is 0 Å². The van der Waals surface area contributed by atoms with Crippen molar-refractivity contribution in [2.45, 2.75) is 13.0 Å². The van der Waals surface area contributed by atoms with Gasteiger partial charge in [-0.2, -0.15) is 0 Å². The molecule has 1 amide bonds. The van der Waals surface area contributed by atoms with Crippen LogP contribution in [-0.2, 0) is 0 Å². The largest absolute Gasteiger partial charge is 0.497 e. The molecule has 1 N–H and O–H groups in total. The van der Waals surface area contributed by atoms with Gasteiger partial charge in [0.15, 0.2) is 0 Å². The van der Waals surface area contributed by atoms with Crippen LogP contribution in [0.2, 0.25) is 0 Å². The van der Waals surface area contributed by atoms with Gasteiger partial charge in [-0.1, -0.05) is 30.3 Å². The molecule has 3 nitrogen and oxygen atoms in total. The molecule has 0 radical (unpaired) electrons. The molecule has 0 aliphatic heterocycles. The molecule has 1 atom stereocenters. The molecular weight excluding hydrogens is 294 g/mol. The van der Waals surface area contributed by atoms with Crippen LogP contribution < -0.4 is 10.1 Å². The minimum Gasteiger partial charge on any atom is -0.497 e. The number of hydrogen-bond donors (Lipinski definition) is 1. The minimum atomic E-state index is -0.0522. The molecule has 0 saturated heterocycles. The fourth-order valence-electron chi connectivity index (χ4n) is 2.34. The summed E-state index contributed by atoms with van der Waals surface area (Å²) in [6.07, 6.45) is 0. The molecule has 1 aromatic heterocycles. The summed E-state index contributed by atoms with van der Waals surface area (Å²) in [5.41, 5.74) is 1.05. The Hall–Kier alpha value is -2.33. The maximum atomic E-state index is 12.4. The zero-order valence-corrected chi connectivity index (χ0v) is 13.3. The Kier molecular flexibility index (Phi) is 4.11. The van der Waals surface area contributed by atoms with Crippen molar-refractivity contribution in [2.24, 2.45) is 0 Å². The number of ether oxygens (including phenoxy) is 1. The summed E-state index contributed by atoms with van der Waals surface area (Å²) in [5, 5.41) is 4.15. The van der Waals surface area contributed by atoms with Crippen molar-refractivity contribution in [1.82, 2.24) is 5.32 Å². The van der Waals surface area contributed by atoms with E-state index in [9.17, 15) is 4.79 Å². The molecular formula is C18H17NO2S. The molecule has 0 bridgehead atoms. The topological polar surface area (TPSA) is 38.3 Å². The van der Waals surface area contributed by atoms with E-state index in [0.717, 1.165) is 26.3 Å². The lowest BCUT2D eigenvalue weighted by Crippen LogP contribution is -2.25. The van der Waals surface area contributed by atoms with Gasteiger partial charge in [0.1, 0.15) is 5.75 Å². The summed E-state index contributed by atoms with van der Waals surface area (Å²) in [4.78, 5) is 13.1. The zero-order chi connectivity index (χ0) is 15.5. The number of hydrogen-bond acceptors (Lipinski definition) is 3. The highest BCUT2D eigenvalue weighted by Crippen LogP contribution is 2.26. The van der Waals surface area contributed by atoms with Gasteiger partial charge in [-0.15, -0.1) is 11.3 Å². The van der Waals surface area contributed by atoms with Gasteiger partial charge >= 0.3 is 0 Å². The van der Waals surface area contributed by atoms with Crippen molar-refractivity contribution >= 4 is 27.3 Å². The Morgan fingerprint density at radius 3 is 2.55 bits per heavy atom. The number of thiophene rings is 1. The average molecular weight is 311 g/mol. The zero-order valence-electron chi connectivity index (χ0n) is 12.5. The van der Waals surface area contributed by atoms with Crippen molar-refractivity contribution in [2.75, 3.05) is 7.11 Å². The SMILES string of the molecule is COc1ccc(C(C)NC(=O)c2cc3ccccc3s2)cc1. The van der Waals surface area contributed by atoms with Gasteiger partial charge in [0.2, 0.25) is 0 Å². The second-order valence-electron chi connectivity index (χ2n) is 5.12. The van der Waals surface area contributed by atoms with Crippen LogP contribution in [0.5, 0.6) is 5.75 Å². The first kappa shape index (κ1) is 14.6. The second-order valence-corrected chi connectivity index (χ2v) is 6.20. The van der Waals surface area contributed by atoms with Crippen molar-refractivity contribution in [1.29, 1.82) is 0 Å². The van der Waals surface area contributed by atoms with Crippen LogP contribution in [0.25, 0.3) is 10.1 Å². The van der Waals surface area contributed by atoms with Crippen molar-refractivity contribution in [3.8, 4) is 5.75 Å². The minimum absolute atomic E-state index is 0.0375. The van der Waals surface area contributed by atoms with Gasteiger partial charge in [-0.25, -0.2) is 0 Å². The first-order valence-corrected chi connectivity index (χ1v) is 7.92. The summed E-state index contributed by atoms with van der Waals surface area (Å²) in [6, 6.07) is 17.6. The van der Waals surface area contributed by atoms with Crippen LogP contribution in [0.15, 0.2) is 54.6 Å². The summed E-state index contributed by atoms with van der Waals surface area (Å²) >= 11 is 1.52. The number of carbonyl (C=O) groups is 1. The average Bonchev–Trinajstić information content (AvgIpc) is 2.99. The molecule has 2 aromatic carbocycles. The van der Waals surface area contributed by atoms with E-state index in [1.807, 2.05) is 61.5 Å². The molecule has 1 heterocycles. The smallest absolute Gasteiger partial charge is 0.261 e. The van der Waals surface area contributed by atoms with Crippen LogP contribution >= 0.6 is 11.3 Å². The maximum absolute atomic E-state index is 12.4. The number of rotatable bonds is 4. The van der Waals surface area contributed by atoms with Gasteiger partial charge in [-0.3, -0.25) is 4.79 Å². The second kappa shape index (κ2) is 6.20. The van der Waals surface area contributed by atoms with Crippen LogP contribution in [0, 0.1) is 0 Å². The van der Waals surface area contributed by atoms with Crippen molar-refractivity contribution in [3.05, 3.63) is 65.0 Å². The Balaban J connectivity index is 1.74. The highest BCUT2D eigenvalue weighted by atomic mass is 32.1. The predicted molar refractivity (Wildman–Crippen MR) is 90.7 cm³/mol. The molecule has 112 valence electrons. The van der Waals surface area contributed by atoms with Crippen LogP contribution in [0.3, 0.4) is 0 Å². The van der Waals surface area contributed by atoms with E-state index >= 15 is 0 Å². The molecule has 22 heavy (non-hydrogen) atoms. The maximum Gasteiger partial charge on any atom is 0.261 e. The number of carbonyl (C=O) groups excluding carboxylic acids is 1. The van der Waals surface area contributed by atoms with E-state index in [4.69, 9.17) is 4.74 Å². The van der Waals surface area contributed by atoms with E-state index in [2.05, 4.69) is 5.32 Å². The van der Waals surface area contributed by atoms with Crippen LogP contribution in [0.1, 0.15) is 28.2 Å². The molecule has 4 heteroatoms. The van der Waals surface area contributed by atoms with E-state index in [0.29, 0.717) is 0 Å². The van der Waals surface area contributed by atoms with Crippen LogP contribution in [-0.4, -0.2) is 13.0 Å². The molecule has 0 saturated carbocycles. The van der Waals surface area contributed by atoms with E-state index in [1.54, 1.807) is 7.11 Å². The predicted octanol–water partition coefficient (Wildman–Crippen LogP) is 4.40. The fraction of sp³-hybridized carbons (Fsp3) is 0.167. The van der Waals surface area contributed by atoms with Crippen molar-refractivity contribution in [3.63, 3.8) is 0 Å². The summed E-state index contributed by atoms with van der Waals surface area (Å²) in [5.74, 6) is 0.774. The first-order valence-electron chi connectivity index (χ1n) is 7.11. The van der Waals surface area contributed by atoms with Gasteiger partial charge in [0.25, 0.3) is 5.91 Å². The number of amides is 1. The van der Waals surface area contributed by atoms with E-state index in [1.165, 1.54) is 11.3 Å². The highest BCUT2D eigenvalue weighted by Gasteiger charge is 2.14. The van der Waals surface area contributed by atoms with Gasteiger partial charge in [0.05, 0.1) is 18.0 Å². The third kappa shape index (κ3) is 2.97. The fourth-order valence-corrected chi connectivity index (χ4v) is 3.30. The molecule has 3 rings (SSSR count). The van der Waals surface area contributed by atoms with Gasteiger partial charge < -0.3 is 10.1 Å². The van der Waals surface area contributed by atoms with Gasteiger partial charge in [-0.05, 0) is 42.1 Å². The lowest BCUT2D eigenvalue weighted by atomic mass is 10.1. The lowest BCUT2D eigenvalue weighted by Gasteiger charge is -2.14. The summed E-state index contributed by atoms with van der Waals surface area (Å²) in [7, 11) is 1.64. The van der Waals surface area contributed by atoms with Crippen LogP contribution in [0.4, 0.5) is 0 Å². The Bertz CT molecular complexity index is 759. The highest BCUT2D eigenvalue weighted by molar-refractivity contribution is 7.20. The standard InChI is InChI=1S/C18H17NO2S/c1-12(13-7-9-15(21-2)10-8-13)19-18(20)17-11-14-5-3-4-6-16(14)22-17/h3-12H,1-2H3,(H,19,20). The summed E-state index contributed by atoms with van der Waals surface area (Å²) in [6.45, 7) is 1.98. The monoisotopic (exact) mass is 311 g/mol. The molecule has 1 unspecified atom stereocenters.